The van der Waals surface area contributed by atoms with Crippen LogP contribution in [0.2, 0.25) is 0 Å². The first-order valence-corrected chi connectivity index (χ1v) is 7.63. The number of hydrogen-bond acceptors (Lipinski definition) is 4. The molecule has 0 unspecified atom stereocenters. The molecule has 2 aliphatic heterocycles. The Hall–Kier alpha value is -1.14. The van der Waals surface area contributed by atoms with Crippen LogP contribution >= 0.6 is 0 Å². The summed E-state index contributed by atoms with van der Waals surface area (Å²) in [6.45, 7) is 6.37. The Bertz CT molecular complexity index is 397. The molecule has 2 amide bonds. The molecular formula is C15H26N2O4. The fourth-order valence-corrected chi connectivity index (χ4v) is 3.05. The van der Waals surface area contributed by atoms with Crippen LogP contribution in [0.5, 0.6) is 0 Å². The zero-order chi connectivity index (χ0) is 15.5. The third-order valence-electron chi connectivity index (χ3n) is 3.93. The van der Waals surface area contributed by atoms with Gasteiger partial charge in [-0.3, -0.25) is 9.59 Å². The van der Waals surface area contributed by atoms with Crippen molar-refractivity contribution in [2.24, 2.45) is 0 Å². The van der Waals surface area contributed by atoms with Gasteiger partial charge in [0.2, 0.25) is 11.8 Å². The van der Waals surface area contributed by atoms with E-state index in [4.69, 9.17) is 9.47 Å². The summed E-state index contributed by atoms with van der Waals surface area (Å²) in [7, 11) is 1.63. The van der Waals surface area contributed by atoms with E-state index in [-0.39, 0.29) is 30.1 Å². The van der Waals surface area contributed by atoms with E-state index in [1.54, 1.807) is 16.9 Å². The average molecular weight is 298 g/mol. The molecule has 2 rings (SSSR count). The number of piperidine rings is 1. The van der Waals surface area contributed by atoms with Gasteiger partial charge in [-0.15, -0.1) is 0 Å². The maximum absolute atomic E-state index is 12.5. The monoisotopic (exact) mass is 298 g/mol. The molecule has 2 fully saturated rings. The number of methoxy groups -OCH3 is 1. The maximum atomic E-state index is 12.5. The van der Waals surface area contributed by atoms with Crippen molar-refractivity contribution >= 4 is 11.8 Å². The first-order chi connectivity index (χ1) is 9.91. The lowest BCUT2D eigenvalue weighted by Gasteiger charge is -2.43. The molecular weight excluding hydrogens is 272 g/mol. The molecule has 0 N–H and O–H groups in total. The van der Waals surface area contributed by atoms with Gasteiger partial charge in [0.25, 0.3) is 0 Å². The second-order valence-corrected chi connectivity index (χ2v) is 6.50. The summed E-state index contributed by atoms with van der Waals surface area (Å²) in [5.74, 6) is 0.0956. The Morgan fingerprint density at radius 2 is 2.19 bits per heavy atom. The third kappa shape index (κ3) is 4.41. The van der Waals surface area contributed by atoms with E-state index in [0.717, 1.165) is 12.8 Å². The van der Waals surface area contributed by atoms with Crippen molar-refractivity contribution in [3.63, 3.8) is 0 Å². The van der Waals surface area contributed by atoms with Gasteiger partial charge in [-0.05, 0) is 26.7 Å². The molecule has 0 aromatic heterocycles. The van der Waals surface area contributed by atoms with Crippen molar-refractivity contribution in [1.29, 1.82) is 0 Å². The molecule has 0 aliphatic carbocycles. The topological polar surface area (TPSA) is 59.1 Å². The van der Waals surface area contributed by atoms with E-state index in [2.05, 4.69) is 0 Å². The second-order valence-electron chi connectivity index (χ2n) is 6.50. The first kappa shape index (κ1) is 16.2. The molecule has 120 valence electrons. The molecule has 21 heavy (non-hydrogen) atoms. The number of hydrogen-bond donors (Lipinski definition) is 0. The molecule has 2 heterocycles. The number of carbonyl (C=O) groups is 2. The number of amides is 2. The summed E-state index contributed by atoms with van der Waals surface area (Å²) in [6.07, 6.45) is 2.37. The molecule has 1 atom stereocenters. The highest BCUT2D eigenvalue weighted by atomic mass is 16.5. The van der Waals surface area contributed by atoms with Crippen molar-refractivity contribution in [3.8, 4) is 0 Å². The molecule has 2 saturated heterocycles. The fraction of sp³-hybridized carbons (Fsp3) is 0.867. The lowest BCUT2D eigenvalue weighted by molar-refractivity contribution is -0.170. The first-order valence-electron chi connectivity index (χ1n) is 7.63. The highest BCUT2D eigenvalue weighted by molar-refractivity contribution is 5.85. The number of rotatable bonds is 4. The minimum absolute atomic E-state index is 0.00253. The number of likely N-dealkylation sites (tertiary alicyclic amines) is 1. The summed E-state index contributed by atoms with van der Waals surface area (Å²) in [6, 6.07) is 0. The predicted octanol–water partition coefficient (Wildman–Crippen LogP) is 0.651. The van der Waals surface area contributed by atoms with Gasteiger partial charge in [0.1, 0.15) is 0 Å². The van der Waals surface area contributed by atoms with Gasteiger partial charge in [0.05, 0.1) is 24.9 Å². The van der Waals surface area contributed by atoms with Crippen LogP contribution in [0.15, 0.2) is 0 Å². The van der Waals surface area contributed by atoms with Crippen LogP contribution in [0.25, 0.3) is 0 Å². The van der Waals surface area contributed by atoms with Crippen LogP contribution in [-0.4, -0.2) is 73.2 Å². The Kier molecular flexibility index (Phi) is 5.22. The molecule has 6 nitrogen and oxygen atoms in total. The van der Waals surface area contributed by atoms with Gasteiger partial charge < -0.3 is 19.3 Å². The lowest BCUT2D eigenvalue weighted by Crippen LogP contribution is -2.57. The minimum Gasteiger partial charge on any atom is -0.382 e. The van der Waals surface area contributed by atoms with Crippen LogP contribution < -0.4 is 0 Å². The molecule has 2 aliphatic rings. The highest BCUT2D eigenvalue weighted by Crippen LogP contribution is 2.22. The van der Waals surface area contributed by atoms with E-state index in [1.807, 2.05) is 13.8 Å². The van der Waals surface area contributed by atoms with Gasteiger partial charge in [0, 0.05) is 33.2 Å². The maximum Gasteiger partial charge on any atom is 0.242 e. The van der Waals surface area contributed by atoms with E-state index in [1.165, 1.54) is 0 Å². The average Bonchev–Trinajstić information content (AvgIpc) is 2.40. The quantitative estimate of drug-likeness (QED) is 0.765. The summed E-state index contributed by atoms with van der Waals surface area (Å²) in [4.78, 5) is 27.8. The zero-order valence-corrected chi connectivity index (χ0v) is 13.3. The van der Waals surface area contributed by atoms with Gasteiger partial charge in [-0.2, -0.15) is 0 Å². The van der Waals surface area contributed by atoms with Gasteiger partial charge in [-0.25, -0.2) is 0 Å². The predicted molar refractivity (Wildman–Crippen MR) is 77.8 cm³/mol. The van der Waals surface area contributed by atoms with Crippen molar-refractivity contribution in [2.45, 2.75) is 44.8 Å². The summed E-state index contributed by atoms with van der Waals surface area (Å²) < 4.78 is 11.0. The van der Waals surface area contributed by atoms with Crippen LogP contribution in [0, 0.1) is 0 Å². The smallest absolute Gasteiger partial charge is 0.242 e. The Morgan fingerprint density at radius 3 is 2.86 bits per heavy atom. The van der Waals surface area contributed by atoms with Crippen molar-refractivity contribution in [2.75, 3.05) is 39.9 Å². The SMILES string of the molecule is COC[C@H]1CN(C(=O)CN2CCCCC2=O)CC(C)(C)O1. The third-order valence-corrected chi connectivity index (χ3v) is 3.93. The van der Waals surface area contributed by atoms with Crippen molar-refractivity contribution in [1.82, 2.24) is 9.80 Å². The van der Waals surface area contributed by atoms with Crippen molar-refractivity contribution < 1.29 is 19.1 Å². The normalized spacial score (nSPS) is 26.0. The summed E-state index contributed by atoms with van der Waals surface area (Å²) in [5, 5.41) is 0. The Morgan fingerprint density at radius 1 is 1.43 bits per heavy atom. The van der Waals surface area contributed by atoms with Gasteiger partial charge in [-0.1, -0.05) is 0 Å². The molecule has 0 bridgehead atoms. The van der Waals surface area contributed by atoms with E-state index in [9.17, 15) is 9.59 Å². The van der Waals surface area contributed by atoms with Gasteiger partial charge in [0.15, 0.2) is 0 Å². The molecule has 0 radical (unpaired) electrons. The molecule has 0 saturated carbocycles. The largest absolute Gasteiger partial charge is 0.382 e. The molecule has 0 spiro atoms. The number of ether oxygens (including phenoxy) is 2. The number of carbonyl (C=O) groups excluding carboxylic acids is 2. The lowest BCUT2D eigenvalue weighted by atomic mass is 10.0. The van der Waals surface area contributed by atoms with Crippen LogP contribution in [0.1, 0.15) is 33.1 Å². The highest BCUT2D eigenvalue weighted by Gasteiger charge is 2.36. The van der Waals surface area contributed by atoms with E-state index in [0.29, 0.717) is 32.7 Å². The minimum atomic E-state index is -0.386. The zero-order valence-electron chi connectivity index (χ0n) is 13.3. The standard InChI is InChI=1S/C15H26N2O4/c1-15(2)11-17(8-12(21-15)10-20-3)14(19)9-16-7-5-4-6-13(16)18/h12H,4-11H2,1-3H3/t12-/m1/s1. The number of morpholine rings is 1. The summed E-state index contributed by atoms with van der Waals surface area (Å²) >= 11 is 0. The van der Waals surface area contributed by atoms with Crippen LogP contribution in [0.3, 0.4) is 0 Å². The molecule has 0 aromatic rings. The molecule has 6 heteroatoms. The van der Waals surface area contributed by atoms with Crippen LogP contribution in [0.4, 0.5) is 0 Å². The van der Waals surface area contributed by atoms with E-state index >= 15 is 0 Å². The van der Waals surface area contributed by atoms with Gasteiger partial charge >= 0.3 is 0 Å². The fourth-order valence-electron chi connectivity index (χ4n) is 3.05. The summed E-state index contributed by atoms with van der Waals surface area (Å²) in [5.41, 5.74) is -0.386. The second kappa shape index (κ2) is 6.75. The molecule has 0 aromatic carbocycles. The Labute approximate surface area is 126 Å². The van der Waals surface area contributed by atoms with E-state index < -0.39 is 0 Å². The van der Waals surface area contributed by atoms with Crippen molar-refractivity contribution in [3.05, 3.63) is 0 Å². The number of nitrogens with zero attached hydrogens (tertiary/aromatic N) is 2. The Balaban J connectivity index is 1.95. The van der Waals surface area contributed by atoms with Crippen LogP contribution in [-0.2, 0) is 19.1 Å².